The van der Waals surface area contributed by atoms with Crippen molar-refractivity contribution in [2.75, 3.05) is 13.1 Å². The second kappa shape index (κ2) is 5.49. The molecule has 0 aliphatic carbocycles. The molecule has 0 bridgehead atoms. The lowest BCUT2D eigenvalue weighted by molar-refractivity contribution is -0.139. The third-order valence-corrected chi connectivity index (χ3v) is 2.96. The largest absolute Gasteiger partial charge is 0.488 e. The third kappa shape index (κ3) is 3.38. The fourth-order valence-corrected chi connectivity index (χ4v) is 2.02. The van der Waals surface area contributed by atoms with Gasteiger partial charge in [0.05, 0.1) is 17.2 Å². The molecule has 1 N–H and O–H groups in total. The zero-order chi connectivity index (χ0) is 13.9. The van der Waals surface area contributed by atoms with Crippen LogP contribution < -0.4 is 10.1 Å². The predicted molar refractivity (Wildman–Crippen MR) is 62.7 cm³/mol. The first-order valence-corrected chi connectivity index (χ1v) is 5.99. The Labute approximate surface area is 109 Å². The van der Waals surface area contributed by atoms with Crippen LogP contribution in [0.4, 0.5) is 13.2 Å². The first-order valence-electron chi connectivity index (χ1n) is 5.99. The molecular formula is C13H13F3N2O. The van der Waals surface area contributed by atoms with Gasteiger partial charge in [0.2, 0.25) is 0 Å². The number of alkyl halides is 3. The average Bonchev–Trinajstić information content (AvgIpc) is 2.39. The Balaban J connectivity index is 2.26. The molecule has 1 fully saturated rings. The third-order valence-electron chi connectivity index (χ3n) is 2.96. The quantitative estimate of drug-likeness (QED) is 0.898. The van der Waals surface area contributed by atoms with E-state index < -0.39 is 11.7 Å². The van der Waals surface area contributed by atoms with E-state index >= 15 is 0 Å². The molecule has 19 heavy (non-hydrogen) atoms. The van der Waals surface area contributed by atoms with Crippen LogP contribution in [-0.4, -0.2) is 19.2 Å². The highest BCUT2D eigenvalue weighted by Crippen LogP contribution is 2.37. The smallest absolute Gasteiger partial charge is 0.420 e. The summed E-state index contributed by atoms with van der Waals surface area (Å²) in [4.78, 5) is 0. The Morgan fingerprint density at radius 2 is 2.16 bits per heavy atom. The van der Waals surface area contributed by atoms with Gasteiger partial charge in [-0.25, -0.2) is 0 Å². The van der Waals surface area contributed by atoms with E-state index in [0.717, 1.165) is 25.5 Å². The van der Waals surface area contributed by atoms with E-state index in [1.807, 2.05) is 0 Å². The highest BCUT2D eigenvalue weighted by Gasteiger charge is 2.35. The van der Waals surface area contributed by atoms with Crippen LogP contribution in [0.25, 0.3) is 0 Å². The molecule has 0 aromatic heterocycles. The summed E-state index contributed by atoms with van der Waals surface area (Å²) in [5, 5.41) is 11.7. The molecule has 0 radical (unpaired) electrons. The lowest BCUT2D eigenvalue weighted by atomic mass is 10.1. The summed E-state index contributed by atoms with van der Waals surface area (Å²) < 4.78 is 44.2. The summed E-state index contributed by atoms with van der Waals surface area (Å²) in [5.41, 5.74) is -0.918. The van der Waals surface area contributed by atoms with E-state index in [1.165, 1.54) is 12.1 Å². The van der Waals surface area contributed by atoms with Gasteiger partial charge in [-0.05, 0) is 37.6 Å². The zero-order valence-corrected chi connectivity index (χ0v) is 10.1. The minimum Gasteiger partial charge on any atom is -0.488 e. The van der Waals surface area contributed by atoms with Crippen molar-refractivity contribution in [2.24, 2.45) is 0 Å². The maximum absolute atomic E-state index is 12.9. The number of piperidine rings is 1. The highest BCUT2D eigenvalue weighted by molar-refractivity contribution is 5.43. The van der Waals surface area contributed by atoms with Gasteiger partial charge in [0.15, 0.2) is 0 Å². The van der Waals surface area contributed by atoms with Crippen molar-refractivity contribution in [3.05, 3.63) is 29.3 Å². The molecule has 1 saturated heterocycles. The Kier molecular flexibility index (Phi) is 3.96. The molecule has 3 nitrogen and oxygen atoms in total. The first kappa shape index (κ1) is 13.7. The van der Waals surface area contributed by atoms with Crippen molar-refractivity contribution in [1.29, 1.82) is 5.26 Å². The van der Waals surface area contributed by atoms with Crippen LogP contribution in [0.15, 0.2) is 18.2 Å². The molecule has 0 amide bonds. The number of ether oxygens (including phenoxy) is 1. The van der Waals surface area contributed by atoms with Crippen LogP contribution in [0.3, 0.4) is 0 Å². The summed E-state index contributed by atoms with van der Waals surface area (Å²) in [6.45, 7) is 1.40. The molecule has 6 heteroatoms. The maximum atomic E-state index is 12.9. The molecular weight excluding hydrogens is 257 g/mol. The van der Waals surface area contributed by atoms with Crippen molar-refractivity contribution in [2.45, 2.75) is 25.1 Å². The van der Waals surface area contributed by atoms with E-state index in [4.69, 9.17) is 10.00 Å². The second-order valence-corrected chi connectivity index (χ2v) is 4.41. The van der Waals surface area contributed by atoms with Crippen LogP contribution in [0.1, 0.15) is 24.0 Å². The maximum Gasteiger partial charge on any atom is 0.420 e. The second-order valence-electron chi connectivity index (χ2n) is 4.41. The van der Waals surface area contributed by atoms with E-state index in [9.17, 15) is 13.2 Å². The van der Waals surface area contributed by atoms with Crippen LogP contribution in [0.2, 0.25) is 0 Å². The van der Waals surface area contributed by atoms with Gasteiger partial charge in [-0.15, -0.1) is 0 Å². The molecule has 1 heterocycles. The van der Waals surface area contributed by atoms with Crippen molar-refractivity contribution in [3.8, 4) is 11.8 Å². The van der Waals surface area contributed by atoms with Crippen LogP contribution in [0, 0.1) is 11.3 Å². The number of hydrogen-bond acceptors (Lipinski definition) is 3. The van der Waals surface area contributed by atoms with Gasteiger partial charge in [-0.3, -0.25) is 0 Å². The summed E-state index contributed by atoms with van der Waals surface area (Å²) in [6.07, 6.45) is -3.18. The minimum absolute atomic E-state index is 0.0264. The van der Waals surface area contributed by atoms with Gasteiger partial charge in [0.25, 0.3) is 0 Å². The fourth-order valence-electron chi connectivity index (χ4n) is 2.02. The van der Waals surface area contributed by atoms with E-state index in [0.29, 0.717) is 6.54 Å². The SMILES string of the molecule is N#Cc1ccc(OC2CCCNC2)c(C(F)(F)F)c1. The topological polar surface area (TPSA) is 45.0 Å². The lowest BCUT2D eigenvalue weighted by Gasteiger charge is -2.25. The molecule has 1 unspecified atom stereocenters. The molecule has 1 aromatic rings. The van der Waals surface area contributed by atoms with Crippen LogP contribution >= 0.6 is 0 Å². The standard InChI is InChI=1S/C13H13F3N2O/c14-13(15,16)11-6-9(7-17)3-4-12(11)19-10-2-1-5-18-8-10/h3-4,6,10,18H,1-2,5,8H2. The zero-order valence-electron chi connectivity index (χ0n) is 10.1. The summed E-state index contributed by atoms with van der Waals surface area (Å²) in [7, 11) is 0. The van der Waals surface area contributed by atoms with Crippen molar-refractivity contribution in [1.82, 2.24) is 5.32 Å². The lowest BCUT2D eigenvalue weighted by Crippen LogP contribution is -2.37. The molecule has 1 atom stereocenters. The molecule has 102 valence electrons. The van der Waals surface area contributed by atoms with E-state index in [2.05, 4.69) is 5.32 Å². The number of rotatable bonds is 2. The van der Waals surface area contributed by atoms with Gasteiger partial charge in [0, 0.05) is 6.54 Å². The van der Waals surface area contributed by atoms with E-state index in [1.54, 1.807) is 6.07 Å². The van der Waals surface area contributed by atoms with Crippen LogP contribution in [-0.2, 0) is 6.18 Å². The van der Waals surface area contributed by atoms with Gasteiger partial charge >= 0.3 is 6.18 Å². The molecule has 0 spiro atoms. The Morgan fingerprint density at radius 3 is 2.74 bits per heavy atom. The Hall–Kier alpha value is -1.74. The molecule has 1 aromatic carbocycles. The van der Waals surface area contributed by atoms with Gasteiger partial charge in [-0.2, -0.15) is 18.4 Å². The Morgan fingerprint density at radius 1 is 1.37 bits per heavy atom. The fraction of sp³-hybridized carbons (Fsp3) is 0.462. The van der Waals surface area contributed by atoms with Crippen molar-refractivity contribution >= 4 is 0 Å². The highest BCUT2D eigenvalue weighted by atomic mass is 19.4. The number of halogens is 3. The van der Waals surface area contributed by atoms with Gasteiger partial charge < -0.3 is 10.1 Å². The molecule has 1 aliphatic heterocycles. The van der Waals surface area contributed by atoms with Gasteiger partial charge in [-0.1, -0.05) is 0 Å². The van der Waals surface area contributed by atoms with Crippen molar-refractivity contribution < 1.29 is 17.9 Å². The Bertz CT molecular complexity index is 488. The number of benzene rings is 1. The molecule has 2 rings (SSSR count). The number of nitriles is 1. The monoisotopic (exact) mass is 270 g/mol. The van der Waals surface area contributed by atoms with E-state index in [-0.39, 0.29) is 17.4 Å². The molecule has 0 saturated carbocycles. The van der Waals surface area contributed by atoms with Crippen LogP contribution in [0.5, 0.6) is 5.75 Å². The summed E-state index contributed by atoms with van der Waals surface area (Å²) >= 11 is 0. The van der Waals surface area contributed by atoms with Gasteiger partial charge in [0.1, 0.15) is 11.9 Å². The predicted octanol–water partition coefficient (Wildman–Crippen LogP) is 2.71. The number of nitrogens with one attached hydrogen (secondary N) is 1. The molecule has 1 aliphatic rings. The minimum atomic E-state index is -4.52. The first-order chi connectivity index (χ1) is 9.00. The summed E-state index contributed by atoms with van der Waals surface area (Å²) in [5.74, 6) is -0.208. The van der Waals surface area contributed by atoms with Crippen molar-refractivity contribution in [3.63, 3.8) is 0 Å². The normalized spacial score (nSPS) is 19.8. The number of nitrogens with zero attached hydrogens (tertiary/aromatic N) is 1. The average molecular weight is 270 g/mol. The number of hydrogen-bond donors (Lipinski definition) is 1. The summed E-state index contributed by atoms with van der Waals surface area (Å²) in [6, 6.07) is 5.08.